The van der Waals surface area contributed by atoms with Crippen LogP contribution in [-0.4, -0.2) is 68.8 Å². The Labute approximate surface area is 321 Å². The lowest BCUT2D eigenvalue weighted by molar-refractivity contribution is -0.142. The van der Waals surface area contributed by atoms with Crippen LogP contribution in [-0.2, 0) is 52.5 Å². The number of aryl methyl sites for hydroxylation is 1. The molecule has 2 N–H and O–H groups in total. The molecule has 3 atom stereocenters. The number of nitrogens with one attached hydrogen (secondary N) is 1. The van der Waals surface area contributed by atoms with Crippen molar-refractivity contribution in [1.82, 2.24) is 29.9 Å². The van der Waals surface area contributed by atoms with Gasteiger partial charge in [-0.15, -0.1) is 0 Å². The fourth-order valence-corrected chi connectivity index (χ4v) is 8.78. The number of hydrogen-bond acceptors (Lipinski definition) is 8. The Kier molecular flexibility index (Phi) is 9.17. The third kappa shape index (κ3) is 7.32. The Balaban J connectivity index is 1.26. The molecule has 18 heteroatoms. The summed E-state index contributed by atoms with van der Waals surface area (Å²) >= 11 is 0. The van der Waals surface area contributed by atoms with E-state index in [0.717, 1.165) is 18.4 Å². The number of aromatic nitrogens is 5. The molecule has 4 heterocycles. The summed E-state index contributed by atoms with van der Waals surface area (Å²) in [6, 6.07) is 11.0. The topological polar surface area (TPSA) is 132 Å². The Hall–Kier alpha value is -5.12. The van der Waals surface area contributed by atoms with Crippen LogP contribution in [0.1, 0.15) is 64.3 Å². The molecule has 2 fully saturated rings. The number of β-amino-alcohol motifs (C(OH)–C–C–N with tert-alkyl or cyclic N) is 1. The summed E-state index contributed by atoms with van der Waals surface area (Å²) in [5, 5.41) is 22.0. The van der Waals surface area contributed by atoms with Crippen LogP contribution < -0.4 is 5.32 Å². The molecule has 298 valence electrons. The second-order valence-corrected chi connectivity index (χ2v) is 17.3. The van der Waals surface area contributed by atoms with Gasteiger partial charge in [-0.3, -0.25) is 14.2 Å². The van der Waals surface area contributed by atoms with E-state index in [2.05, 4.69) is 27.4 Å². The van der Waals surface area contributed by atoms with Gasteiger partial charge in [0.1, 0.15) is 29.6 Å². The minimum absolute atomic E-state index is 0.0875. The van der Waals surface area contributed by atoms with Gasteiger partial charge in [-0.2, -0.15) is 32.1 Å². The van der Waals surface area contributed by atoms with Gasteiger partial charge >= 0.3 is 6.18 Å². The highest BCUT2D eigenvalue weighted by Crippen LogP contribution is 2.68. The standard InChI is InChI=1S/C39H33F7N6O4S/c1-51-34-27(4-3-5-28(34)31(49-51)17-57(2,55)56)26-7-6-24(8-9-37(54)18-47-19-37)48-33(26)21(10-20-11-22(40)14-23(41)12-20)13-25(53)16-52-36-32(35(50-52)39(44,45)46)29-15-30(29)38(36,42)43/h3-7,11-12,14,21,29-30,47,54H,10,13,15-19H2,1-2H3/t21-,29+,30-/m1/s1. The predicted octanol–water partition coefficient (Wildman–Crippen LogP) is 5.55. The van der Waals surface area contributed by atoms with E-state index in [1.807, 2.05) is 0 Å². The number of ketones is 1. The highest BCUT2D eigenvalue weighted by molar-refractivity contribution is 7.89. The fourth-order valence-electron chi connectivity index (χ4n) is 8.07. The Morgan fingerprint density at radius 1 is 1.07 bits per heavy atom. The number of carbonyl (C=O) groups is 1. The Morgan fingerprint density at radius 3 is 2.44 bits per heavy atom. The molecule has 0 spiro atoms. The van der Waals surface area contributed by atoms with Crippen LogP contribution in [0.25, 0.3) is 22.0 Å². The molecule has 2 aliphatic carbocycles. The molecule has 0 unspecified atom stereocenters. The van der Waals surface area contributed by atoms with Crippen molar-refractivity contribution in [3.05, 3.63) is 99.8 Å². The summed E-state index contributed by atoms with van der Waals surface area (Å²) < 4.78 is 129. The van der Waals surface area contributed by atoms with Crippen molar-refractivity contribution in [2.45, 2.75) is 61.1 Å². The first-order chi connectivity index (χ1) is 26.7. The van der Waals surface area contributed by atoms with Crippen molar-refractivity contribution < 1.29 is 49.1 Å². The van der Waals surface area contributed by atoms with Crippen molar-refractivity contribution in [1.29, 1.82) is 0 Å². The van der Waals surface area contributed by atoms with Crippen molar-refractivity contribution in [3.63, 3.8) is 0 Å². The van der Waals surface area contributed by atoms with Crippen LogP contribution in [0, 0.1) is 29.4 Å². The number of hydrogen-bond donors (Lipinski definition) is 2. The van der Waals surface area contributed by atoms with Crippen molar-refractivity contribution in [3.8, 4) is 23.0 Å². The van der Waals surface area contributed by atoms with Crippen LogP contribution >= 0.6 is 0 Å². The average molecular weight is 815 g/mol. The third-order valence-corrected chi connectivity index (χ3v) is 11.4. The van der Waals surface area contributed by atoms with Gasteiger partial charge in [-0.25, -0.2) is 22.2 Å². The molecule has 5 aromatic rings. The first kappa shape index (κ1) is 38.7. The lowest BCUT2D eigenvalue weighted by Crippen LogP contribution is -2.58. The zero-order valence-electron chi connectivity index (χ0n) is 30.3. The quantitative estimate of drug-likeness (QED) is 0.139. The molecule has 3 aromatic heterocycles. The van der Waals surface area contributed by atoms with Gasteiger partial charge in [-0.1, -0.05) is 24.1 Å². The number of sulfone groups is 1. The number of alkyl halides is 5. The number of fused-ring (bicyclic) bond motifs is 4. The minimum atomic E-state index is -5.05. The molecule has 1 saturated heterocycles. The maximum Gasteiger partial charge on any atom is 0.435 e. The fraction of sp³-hybridized carbons (Fsp3) is 0.385. The molecule has 2 aromatic carbocycles. The van der Waals surface area contributed by atoms with Gasteiger partial charge in [0.25, 0.3) is 5.92 Å². The average Bonchev–Trinajstić information content (AvgIpc) is 3.64. The second-order valence-electron chi connectivity index (χ2n) is 15.1. The highest BCUT2D eigenvalue weighted by atomic mass is 32.2. The molecule has 8 rings (SSSR count). The van der Waals surface area contributed by atoms with E-state index in [1.165, 1.54) is 4.68 Å². The lowest BCUT2D eigenvalue weighted by Gasteiger charge is -2.32. The zero-order valence-corrected chi connectivity index (χ0v) is 31.1. The van der Waals surface area contributed by atoms with E-state index in [4.69, 9.17) is 4.98 Å². The molecule has 0 amide bonds. The molecule has 1 saturated carbocycles. The lowest BCUT2D eigenvalue weighted by atomic mass is 9.86. The largest absolute Gasteiger partial charge is 0.435 e. The molecule has 3 aliphatic rings. The van der Waals surface area contributed by atoms with Crippen LogP contribution in [0.3, 0.4) is 0 Å². The number of rotatable bonds is 10. The summed E-state index contributed by atoms with van der Waals surface area (Å²) in [5.41, 5.74) is -2.42. The predicted molar refractivity (Wildman–Crippen MR) is 192 cm³/mol. The maximum absolute atomic E-state index is 15.4. The van der Waals surface area contributed by atoms with E-state index in [-0.39, 0.29) is 54.3 Å². The number of nitrogens with zero attached hydrogens (tertiary/aromatic N) is 5. The number of aliphatic hydroxyl groups is 1. The molecule has 10 nitrogen and oxygen atoms in total. The molecule has 57 heavy (non-hydrogen) atoms. The van der Waals surface area contributed by atoms with E-state index >= 15 is 8.78 Å². The first-order valence-corrected chi connectivity index (χ1v) is 19.9. The second kappa shape index (κ2) is 13.5. The normalized spacial score (nSPS) is 19.7. The molecular weight excluding hydrogens is 782 g/mol. The van der Waals surface area contributed by atoms with Gasteiger partial charge < -0.3 is 10.4 Å². The maximum atomic E-state index is 15.4. The number of halogens is 7. The number of Topliss-reactive ketones (excluding diaryl/α,β-unsaturated/α-hetero) is 1. The summed E-state index contributed by atoms with van der Waals surface area (Å²) in [7, 11) is -1.92. The third-order valence-electron chi connectivity index (χ3n) is 10.6. The summed E-state index contributed by atoms with van der Waals surface area (Å²) in [5.74, 6) is -4.52. The van der Waals surface area contributed by atoms with Gasteiger partial charge in [0.2, 0.25) is 0 Å². The van der Waals surface area contributed by atoms with Crippen LogP contribution in [0.4, 0.5) is 30.7 Å². The minimum Gasteiger partial charge on any atom is -0.375 e. The highest BCUT2D eigenvalue weighted by Gasteiger charge is 2.68. The summed E-state index contributed by atoms with van der Waals surface area (Å²) in [6.07, 6.45) is -4.92. The summed E-state index contributed by atoms with van der Waals surface area (Å²) in [6.45, 7) is -0.569. The number of benzene rings is 2. The van der Waals surface area contributed by atoms with Crippen LogP contribution in [0.2, 0.25) is 0 Å². The number of pyridine rings is 1. The van der Waals surface area contributed by atoms with Crippen molar-refractivity contribution in [2.75, 3.05) is 19.3 Å². The van der Waals surface area contributed by atoms with Crippen LogP contribution in [0.15, 0.2) is 48.5 Å². The Bertz CT molecular complexity index is 2640. The summed E-state index contributed by atoms with van der Waals surface area (Å²) in [4.78, 5) is 18.8. The van der Waals surface area contributed by atoms with Gasteiger partial charge in [0.15, 0.2) is 26.9 Å². The van der Waals surface area contributed by atoms with Gasteiger partial charge in [-0.05, 0) is 54.5 Å². The Morgan fingerprint density at radius 2 is 1.79 bits per heavy atom. The SMILES string of the molecule is Cn1nc(CS(C)(=O)=O)c2cccc(-c3ccc(C#CC4(O)CNC4)nc3[C@@H](CC(=O)Cn3nc(C(F)(F)F)c4c3C(F)(F)[C@@H]3C[C@H]43)Cc3cc(F)cc(F)c3)c21. The van der Waals surface area contributed by atoms with Crippen molar-refractivity contribution in [2.24, 2.45) is 13.0 Å². The van der Waals surface area contributed by atoms with Gasteiger partial charge in [0.05, 0.1) is 22.7 Å². The molecule has 1 aliphatic heterocycles. The molecular formula is C39H33F7N6O4S. The molecule has 0 bridgehead atoms. The monoisotopic (exact) mass is 814 g/mol. The van der Waals surface area contributed by atoms with E-state index in [0.29, 0.717) is 32.8 Å². The first-order valence-electron chi connectivity index (χ1n) is 17.8. The van der Waals surface area contributed by atoms with E-state index in [9.17, 15) is 40.3 Å². The smallest absolute Gasteiger partial charge is 0.375 e. The molecule has 0 radical (unpaired) electrons. The number of para-hydroxylation sites is 1. The van der Waals surface area contributed by atoms with E-state index in [1.54, 1.807) is 37.4 Å². The van der Waals surface area contributed by atoms with Gasteiger partial charge in [0, 0.05) is 72.8 Å². The van der Waals surface area contributed by atoms with E-state index < -0.39 is 92.6 Å². The van der Waals surface area contributed by atoms with Crippen LogP contribution in [0.5, 0.6) is 0 Å². The van der Waals surface area contributed by atoms with Crippen molar-refractivity contribution >= 4 is 26.5 Å². The number of carbonyl (C=O) groups excluding carboxylic acids is 1. The zero-order chi connectivity index (χ0) is 40.8.